The molecule has 0 bridgehead atoms. The molecule has 1 aromatic carbocycles. The topological polar surface area (TPSA) is 55.8 Å². The Morgan fingerprint density at radius 3 is 2.70 bits per heavy atom. The number of esters is 1. The Kier molecular flexibility index (Phi) is 6.78. The van der Waals surface area contributed by atoms with Crippen molar-refractivity contribution >= 4 is 57.6 Å². The monoisotopic (exact) mass is 419 g/mol. The van der Waals surface area contributed by atoms with Gasteiger partial charge in [0, 0.05) is 20.3 Å². The van der Waals surface area contributed by atoms with Gasteiger partial charge in [0.05, 0.1) is 4.91 Å². The van der Waals surface area contributed by atoms with Crippen LogP contribution in [0.25, 0.3) is 6.08 Å². The van der Waals surface area contributed by atoms with Gasteiger partial charge in [-0.05, 0) is 41.6 Å². The number of rotatable bonds is 7. The van der Waals surface area contributed by atoms with Gasteiger partial charge in [0.2, 0.25) is 0 Å². The summed E-state index contributed by atoms with van der Waals surface area (Å²) in [5, 5.41) is 1.82. The number of methoxy groups -OCH3 is 1. The normalized spacial score (nSPS) is 15.6. The molecule has 2 aromatic rings. The number of thiophene rings is 1. The minimum atomic E-state index is -0.380. The highest BCUT2D eigenvalue weighted by atomic mass is 32.2. The fraction of sp³-hybridized carbons (Fsp3) is 0.211. The van der Waals surface area contributed by atoms with E-state index in [0.717, 1.165) is 12.0 Å². The molecule has 5 nitrogen and oxygen atoms in total. The Balaban J connectivity index is 1.64. The molecule has 1 aliphatic rings. The number of amides is 1. The lowest BCUT2D eigenvalue weighted by atomic mass is 10.2. The summed E-state index contributed by atoms with van der Waals surface area (Å²) in [6.45, 7) is 1.13. The van der Waals surface area contributed by atoms with E-state index in [1.54, 1.807) is 54.5 Å². The number of nitrogens with zero attached hydrogens (tertiary/aromatic N) is 1. The van der Waals surface area contributed by atoms with E-state index < -0.39 is 0 Å². The number of benzene rings is 1. The number of hydrogen-bond acceptors (Lipinski definition) is 7. The van der Waals surface area contributed by atoms with Crippen molar-refractivity contribution in [2.75, 3.05) is 20.3 Å². The van der Waals surface area contributed by atoms with Crippen molar-refractivity contribution in [1.29, 1.82) is 0 Å². The van der Waals surface area contributed by atoms with Crippen molar-refractivity contribution in [2.24, 2.45) is 0 Å². The van der Waals surface area contributed by atoms with Crippen LogP contribution in [0, 0.1) is 0 Å². The molecule has 1 fully saturated rings. The highest BCUT2D eigenvalue weighted by Gasteiger charge is 2.31. The molecule has 0 aliphatic carbocycles. The number of thiocarbonyl (C=S) groups is 1. The second-order valence-electron chi connectivity index (χ2n) is 5.62. The van der Waals surface area contributed by atoms with Crippen LogP contribution in [0.3, 0.4) is 0 Å². The molecular formula is C19H17NO4S3. The summed E-state index contributed by atoms with van der Waals surface area (Å²) < 4.78 is 10.9. The molecule has 0 radical (unpaired) electrons. The maximum atomic E-state index is 12.5. The van der Waals surface area contributed by atoms with Gasteiger partial charge in [0.1, 0.15) is 14.9 Å². The quantitative estimate of drug-likeness (QED) is 0.220. The standard InChI is InChI=1S/C19H17NO4S3/c1-23-10-3-9-20-17(21)16(27-19(20)25)12-13-5-7-14(8-6-13)24-18(22)15-4-2-11-26-15/h2,4-8,11-12H,3,9-10H2,1H3/b16-12+. The van der Waals surface area contributed by atoms with Crippen molar-refractivity contribution in [3.05, 3.63) is 57.1 Å². The maximum absolute atomic E-state index is 12.5. The van der Waals surface area contributed by atoms with E-state index in [-0.39, 0.29) is 11.9 Å². The van der Waals surface area contributed by atoms with Crippen LogP contribution in [0.5, 0.6) is 5.75 Å². The summed E-state index contributed by atoms with van der Waals surface area (Å²) in [5.41, 5.74) is 0.836. The summed E-state index contributed by atoms with van der Waals surface area (Å²) in [6.07, 6.45) is 2.53. The molecule has 2 heterocycles. The van der Waals surface area contributed by atoms with Crippen LogP contribution in [-0.4, -0.2) is 41.4 Å². The average Bonchev–Trinajstić information content (AvgIpc) is 3.28. The number of ether oxygens (including phenoxy) is 2. The van der Waals surface area contributed by atoms with E-state index in [4.69, 9.17) is 21.7 Å². The zero-order chi connectivity index (χ0) is 19.2. The van der Waals surface area contributed by atoms with E-state index >= 15 is 0 Å². The van der Waals surface area contributed by atoms with Gasteiger partial charge >= 0.3 is 5.97 Å². The third-order valence-electron chi connectivity index (χ3n) is 3.71. The Hall–Kier alpha value is -2.00. The second-order valence-corrected chi connectivity index (χ2v) is 8.24. The molecule has 0 saturated carbocycles. The third kappa shape index (κ3) is 5.04. The molecule has 0 unspecified atom stereocenters. The van der Waals surface area contributed by atoms with Gasteiger partial charge in [-0.15, -0.1) is 11.3 Å². The average molecular weight is 420 g/mol. The van der Waals surface area contributed by atoms with E-state index in [1.165, 1.54) is 23.1 Å². The minimum absolute atomic E-state index is 0.0886. The van der Waals surface area contributed by atoms with Crippen LogP contribution in [-0.2, 0) is 9.53 Å². The zero-order valence-corrected chi connectivity index (χ0v) is 17.0. The molecule has 0 N–H and O–H groups in total. The van der Waals surface area contributed by atoms with Crippen LogP contribution in [0.4, 0.5) is 0 Å². The Labute approximate surface area is 171 Å². The number of carbonyl (C=O) groups is 2. The Morgan fingerprint density at radius 2 is 2.04 bits per heavy atom. The van der Waals surface area contributed by atoms with Gasteiger partial charge < -0.3 is 9.47 Å². The van der Waals surface area contributed by atoms with Crippen LogP contribution in [0.2, 0.25) is 0 Å². The van der Waals surface area contributed by atoms with E-state index in [1.807, 2.05) is 5.38 Å². The van der Waals surface area contributed by atoms with E-state index in [0.29, 0.717) is 33.0 Å². The first-order valence-electron chi connectivity index (χ1n) is 8.18. The lowest BCUT2D eigenvalue weighted by Gasteiger charge is -2.13. The maximum Gasteiger partial charge on any atom is 0.353 e. The molecule has 1 aliphatic heterocycles. The van der Waals surface area contributed by atoms with Gasteiger partial charge in [-0.2, -0.15) is 0 Å². The van der Waals surface area contributed by atoms with Crippen LogP contribution >= 0.6 is 35.3 Å². The smallest absolute Gasteiger partial charge is 0.353 e. The first kappa shape index (κ1) is 19.8. The largest absolute Gasteiger partial charge is 0.422 e. The van der Waals surface area contributed by atoms with Crippen LogP contribution < -0.4 is 4.74 Å². The number of thioether (sulfide) groups is 1. The van der Waals surface area contributed by atoms with Gasteiger partial charge in [-0.1, -0.05) is 42.2 Å². The third-order valence-corrected chi connectivity index (χ3v) is 5.94. The first-order valence-corrected chi connectivity index (χ1v) is 10.3. The number of hydrogen-bond donors (Lipinski definition) is 0. The lowest BCUT2D eigenvalue weighted by Crippen LogP contribution is -2.29. The first-order chi connectivity index (χ1) is 13.1. The molecule has 1 saturated heterocycles. The predicted octanol–water partition coefficient (Wildman–Crippen LogP) is 4.21. The molecule has 3 rings (SSSR count). The van der Waals surface area contributed by atoms with Crippen molar-refractivity contribution < 1.29 is 19.1 Å². The molecular weight excluding hydrogens is 402 g/mol. The predicted molar refractivity (Wildman–Crippen MR) is 112 cm³/mol. The summed E-state index contributed by atoms with van der Waals surface area (Å²) in [6, 6.07) is 10.5. The van der Waals surface area contributed by atoms with Gasteiger partial charge in [-0.3, -0.25) is 9.69 Å². The van der Waals surface area contributed by atoms with Crippen molar-refractivity contribution in [1.82, 2.24) is 4.90 Å². The van der Waals surface area contributed by atoms with Gasteiger partial charge in [0.25, 0.3) is 5.91 Å². The summed E-state index contributed by atoms with van der Waals surface area (Å²) in [4.78, 5) is 27.2. The summed E-state index contributed by atoms with van der Waals surface area (Å²) >= 11 is 7.92. The number of carbonyl (C=O) groups excluding carboxylic acids is 2. The summed E-state index contributed by atoms with van der Waals surface area (Å²) in [7, 11) is 1.63. The highest BCUT2D eigenvalue weighted by Crippen LogP contribution is 2.32. The molecule has 8 heteroatoms. The molecule has 27 heavy (non-hydrogen) atoms. The van der Waals surface area contributed by atoms with Crippen LogP contribution in [0.1, 0.15) is 21.7 Å². The Bertz CT molecular complexity index is 860. The second kappa shape index (κ2) is 9.27. The Morgan fingerprint density at radius 1 is 1.26 bits per heavy atom. The van der Waals surface area contributed by atoms with Crippen LogP contribution in [0.15, 0.2) is 46.7 Å². The fourth-order valence-electron chi connectivity index (χ4n) is 2.40. The lowest BCUT2D eigenvalue weighted by molar-refractivity contribution is -0.122. The minimum Gasteiger partial charge on any atom is -0.422 e. The molecule has 140 valence electrons. The van der Waals surface area contributed by atoms with Crippen molar-refractivity contribution in [2.45, 2.75) is 6.42 Å². The van der Waals surface area contributed by atoms with Gasteiger partial charge in [-0.25, -0.2) is 4.79 Å². The molecule has 1 aromatic heterocycles. The fourth-order valence-corrected chi connectivity index (χ4v) is 4.30. The zero-order valence-electron chi connectivity index (χ0n) is 14.5. The molecule has 0 atom stereocenters. The van der Waals surface area contributed by atoms with Crippen molar-refractivity contribution in [3.63, 3.8) is 0 Å². The van der Waals surface area contributed by atoms with Crippen molar-refractivity contribution in [3.8, 4) is 5.75 Å². The molecule has 1 amide bonds. The van der Waals surface area contributed by atoms with E-state index in [2.05, 4.69) is 0 Å². The van der Waals surface area contributed by atoms with E-state index in [9.17, 15) is 9.59 Å². The SMILES string of the molecule is COCCCN1C(=O)/C(=C\c2ccc(OC(=O)c3cccs3)cc2)SC1=S. The summed E-state index contributed by atoms with van der Waals surface area (Å²) in [5.74, 6) is -0.0124. The highest BCUT2D eigenvalue weighted by molar-refractivity contribution is 8.26. The molecule has 0 spiro atoms. The van der Waals surface area contributed by atoms with Gasteiger partial charge in [0.15, 0.2) is 0 Å².